The van der Waals surface area contributed by atoms with E-state index >= 15 is 0 Å². The van der Waals surface area contributed by atoms with Gasteiger partial charge in [0.15, 0.2) is 0 Å². The molecule has 4 fully saturated rings. The molecule has 0 spiro atoms. The molecule has 3 unspecified atom stereocenters. The SMILES string of the molecule is O=C(NC1C2CC3C(C2)C31C(=O)O)c1coc(=O)c2ccccc12. The molecule has 4 aliphatic carbocycles. The van der Waals surface area contributed by atoms with E-state index < -0.39 is 17.0 Å². The molecule has 4 saturated carbocycles. The van der Waals surface area contributed by atoms with E-state index in [9.17, 15) is 19.5 Å². The van der Waals surface area contributed by atoms with Crippen LogP contribution in [0.1, 0.15) is 23.2 Å². The van der Waals surface area contributed by atoms with Crippen molar-refractivity contribution in [2.24, 2.45) is 23.2 Å². The average Bonchev–Trinajstić information content (AvgIpc) is 2.90. The first-order chi connectivity index (χ1) is 11.5. The van der Waals surface area contributed by atoms with Crippen molar-refractivity contribution in [3.05, 3.63) is 46.5 Å². The summed E-state index contributed by atoms with van der Waals surface area (Å²) >= 11 is 0. The van der Waals surface area contributed by atoms with Gasteiger partial charge in [-0.3, -0.25) is 9.59 Å². The number of carbonyl (C=O) groups is 2. The van der Waals surface area contributed by atoms with Crippen LogP contribution in [0.5, 0.6) is 0 Å². The van der Waals surface area contributed by atoms with Crippen molar-refractivity contribution in [3.63, 3.8) is 0 Å². The van der Waals surface area contributed by atoms with Gasteiger partial charge in [0.25, 0.3) is 5.91 Å². The topological polar surface area (TPSA) is 96.6 Å². The lowest BCUT2D eigenvalue weighted by Gasteiger charge is -2.22. The van der Waals surface area contributed by atoms with Crippen molar-refractivity contribution >= 4 is 22.6 Å². The van der Waals surface area contributed by atoms with Crippen molar-refractivity contribution < 1.29 is 19.1 Å². The smallest absolute Gasteiger partial charge is 0.343 e. The lowest BCUT2D eigenvalue weighted by atomic mass is 9.96. The molecule has 0 radical (unpaired) electrons. The fourth-order valence-corrected chi connectivity index (χ4v) is 5.37. The molecule has 6 rings (SSSR count). The number of hydrogen-bond acceptors (Lipinski definition) is 4. The Labute approximate surface area is 136 Å². The van der Waals surface area contributed by atoms with Crippen LogP contribution in [0.4, 0.5) is 0 Å². The van der Waals surface area contributed by atoms with E-state index in [2.05, 4.69) is 5.32 Å². The van der Waals surface area contributed by atoms with Gasteiger partial charge in [0.2, 0.25) is 0 Å². The molecule has 2 aromatic rings. The monoisotopic (exact) mass is 325 g/mol. The molecule has 6 nitrogen and oxygen atoms in total. The highest BCUT2D eigenvalue weighted by atomic mass is 16.4. The van der Waals surface area contributed by atoms with Crippen molar-refractivity contribution in [2.45, 2.75) is 18.9 Å². The molecule has 0 aliphatic heterocycles. The lowest BCUT2D eigenvalue weighted by molar-refractivity contribution is -0.144. The molecule has 3 atom stereocenters. The second-order valence-electron chi connectivity index (χ2n) is 7.12. The van der Waals surface area contributed by atoms with Crippen LogP contribution in [-0.4, -0.2) is 23.0 Å². The van der Waals surface area contributed by atoms with Crippen LogP contribution in [0.15, 0.2) is 39.7 Å². The Bertz CT molecular complexity index is 949. The third kappa shape index (κ3) is 1.44. The number of rotatable bonds is 3. The second-order valence-corrected chi connectivity index (χ2v) is 7.12. The summed E-state index contributed by atoms with van der Waals surface area (Å²) in [5.41, 5.74) is -0.993. The highest BCUT2D eigenvalue weighted by Crippen LogP contribution is 2.79. The van der Waals surface area contributed by atoms with Crippen molar-refractivity contribution in [1.29, 1.82) is 0 Å². The van der Waals surface area contributed by atoms with E-state index in [4.69, 9.17) is 4.42 Å². The van der Waals surface area contributed by atoms with Gasteiger partial charge in [0, 0.05) is 11.4 Å². The van der Waals surface area contributed by atoms with Gasteiger partial charge in [0.05, 0.1) is 16.4 Å². The van der Waals surface area contributed by atoms with Gasteiger partial charge in [-0.25, -0.2) is 4.79 Å². The van der Waals surface area contributed by atoms with Crippen molar-refractivity contribution in [1.82, 2.24) is 5.32 Å². The van der Waals surface area contributed by atoms with Gasteiger partial charge in [-0.15, -0.1) is 0 Å². The Hall–Kier alpha value is -2.63. The minimum absolute atomic E-state index is 0.204. The average molecular weight is 325 g/mol. The van der Waals surface area contributed by atoms with Gasteiger partial charge in [-0.05, 0) is 36.7 Å². The molecular formula is C18H15NO5. The van der Waals surface area contributed by atoms with Crippen LogP contribution in [0.3, 0.4) is 0 Å². The first kappa shape index (κ1) is 13.8. The fraction of sp³-hybridized carbons (Fsp3) is 0.389. The van der Waals surface area contributed by atoms with E-state index in [1.165, 1.54) is 0 Å². The molecule has 1 heterocycles. The van der Waals surface area contributed by atoms with Crippen LogP contribution < -0.4 is 10.9 Å². The van der Waals surface area contributed by atoms with Crippen molar-refractivity contribution in [3.8, 4) is 0 Å². The maximum Gasteiger partial charge on any atom is 0.343 e. The lowest BCUT2D eigenvalue weighted by Crippen LogP contribution is -2.44. The number of nitrogens with one attached hydrogen (secondary N) is 1. The van der Waals surface area contributed by atoms with E-state index in [-0.39, 0.29) is 35.3 Å². The number of carboxylic acid groups (broad SMARTS) is 1. The Morgan fingerprint density at radius 1 is 1.17 bits per heavy atom. The zero-order valence-corrected chi connectivity index (χ0v) is 12.7. The van der Waals surface area contributed by atoms with Crippen LogP contribution in [0.2, 0.25) is 0 Å². The number of carbonyl (C=O) groups excluding carboxylic acids is 1. The number of hydrogen-bond donors (Lipinski definition) is 2. The summed E-state index contributed by atoms with van der Waals surface area (Å²) in [6.45, 7) is 0. The summed E-state index contributed by atoms with van der Waals surface area (Å²) in [4.78, 5) is 36.3. The number of benzene rings is 1. The first-order valence-electron chi connectivity index (χ1n) is 8.10. The Morgan fingerprint density at radius 3 is 2.50 bits per heavy atom. The summed E-state index contributed by atoms with van der Waals surface area (Å²) in [7, 11) is 0. The zero-order valence-electron chi connectivity index (χ0n) is 12.7. The van der Waals surface area contributed by atoms with Crippen LogP contribution >= 0.6 is 0 Å². The number of fused-ring (bicyclic) bond motifs is 1. The summed E-state index contributed by atoms with van der Waals surface area (Å²) < 4.78 is 4.97. The standard InChI is InChI=1S/C18H15NO5/c20-15(11-7-24-16(21)10-4-2-1-3-9(10)11)19-14-8-5-12-13(6-8)18(12,14)17(22)23/h1-4,7-8,12-14H,5-6H2,(H,19,20)(H,22,23). The highest BCUT2D eigenvalue weighted by molar-refractivity contribution is 6.06. The molecule has 24 heavy (non-hydrogen) atoms. The molecule has 6 heteroatoms. The van der Waals surface area contributed by atoms with Gasteiger partial charge >= 0.3 is 11.6 Å². The fourth-order valence-electron chi connectivity index (χ4n) is 5.37. The molecule has 1 aromatic heterocycles. The molecule has 2 N–H and O–H groups in total. The number of amides is 1. The molecule has 0 saturated heterocycles. The number of carboxylic acids is 1. The van der Waals surface area contributed by atoms with Gasteiger partial charge in [0.1, 0.15) is 6.26 Å². The Kier molecular flexibility index (Phi) is 2.44. The molecule has 4 bridgehead atoms. The minimum Gasteiger partial charge on any atom is -0.481 e. The summed E-state index contributed by atoms with van der Waals surface area (Å²) in [6.07, 6.45) is 2.93. The molecule has 1 amide bonds. The maximum atomic E-state index is 12.8. The van der Waals surface area contributed by atoms with Crippen LogP contribution in [-0.2, 0) is 4.79 Å². The van der Waals surface area contributed by atoms with Crippen molar-refractivity contribution in [2.75, 3.05) is 0 Å². The van der Waals surface area contributed by atoms with E-state index in [0.29, 0.717) is 10.8 Å². The number of aliphatic carboxylic acids is 1. The molecule has 122 valence electrons. The summed E-state index contributed by atoms with van der Waals surface area (Å²) in [5.74, 6) is -0.528. The molecule has 4 aliphatic rings. The summed E-state index contributed by atoms with van der Waals surface area (Å²) in [5, 5.41) is 13.5. The largest absolute Gasteiger partial charge is 0.481 e. The third-order valence-corrected chi connectivity index (χ3v) is 6.33. The first-order valence-corrected chi connectivity index (χ1v) is 8.10. The molecular weight excluding hydrogens is 310 g/mol. The zero-order chi connectivity index (χ0) is 16.6. The summed E-state index contributed by atoms with van der Waals surface area (Å²) in [6, 6.07) is 6.44. The minimum atomic E-state index is -0.799. The van der Waals surface area contributed by atoms with Gasteiger partial charge in [-0.2, -0.15) is 0 Å². The predicted molar refractivity (Wildman–Crippen MR) is 83.5 cm³/mol. The van der Waals surface area contributed by atoms with E-state index in [0.717, 1.165) is 19.1 Å². The van der Waals surface area contributed by atoms with Gasteiger partial charge in [-0.1, -0.05) is 18.2 Å². The predicted octanol–water partition coefficient (Wildman–Crippen LogP) is 1.63. The highest BCUT2D eigenvalue weighted by Gasteiger charge is 2.83. The van der Waals surface area contributed by atoms with Crippen LogP contribution in [0.25, 0.3) is 10.8 Å². The third-order valence-electron chi connectivity index (χ3n) is 6.33. The Morgan fingerprint density at radius 2 is 1.83 bits per heavy atom. The second kappa shape index (κ2) is 4.26. The Balaban J connectivity index is 1.52. The van der Waals surface area contributed by atoms with Gasteiger partial charge < -0.3 is 14.8 Å². The van der Waals surface area contributed by atoms with E-state index in [1.807, 2.05) is 0 Å². The maximum absolute atomic E-state index is 12.8. The molecule has 1 aromatic carbocycles. The quantitative estimate of drug-likeness (QED) is 0.894. The van der Waals surface area contributed by atoms with Crippen LogP contribution in [0, 0.1) is 23.2 Å². The normalized spacial score (nSPS) is 35.2. The van der Waals surface area contributed by atoms with E-state index in [1.54, 1.807) is 24.3 Å².